The molecule has 1 aliphatic heterocycles. The number of H-pyrrole nitrogens is 1. The zero-order valence-corrected chi connectivity index (χ0v) is 11.6. The van der Waals surface area contributed by atoms with Gasteiger partial charge in [0.1, 0.15) is 5.82 Å². The Morgan fingerprint density at radius 3 is 3.15 bits per heavy atom. The van der Waals surface area contributed by atoms with E-state index in [0.717, 1.165) is 17.2 Å². The lowest BCUT2D eigenvalue weighted by Gasteiger charge is -2.26. The number of carbonyl (C=O) groups excluding carboxylic acids is 1. The molecule has 0 radical (unpaired) electrons. The monoisotopic (exact) mass is 274 g/mol. The van der Waals surface area contributed by atoms with Crippen molar-refractivity contribution in [2.24, 2.45) is 7.05 Å². The fourth-order valence-corrected chi connectivity index (χ4v) is 2.45. The molecule has 0 fully saturated rings. The Labute approximate surface area is 117 Å². The third-order valence-corrected chi connectivity index (χ3v) is 3.70. The van der Waals surface area contributed by atoms with Gasteiger partial charge in [0.25, 0.3) is 0 Å². The lowest BCUT2D eigenvalue weighted by atomic mass is 10.0. The van der Waals surface area contributed by atoms with Crippen molar-refractivity contribution in [1.82, 2.24) is 29.7 Å². The summed E-state index contributed by atoms with van der Waals surface area (Å²) in [5.41, 5.74) is 2.05. The first-order valence-corrected chi connectivity index (χ1v) is 6.61. The summed E-state index contributed by atoms with van der Waals surface area (Å²) in [6.07, 6.45) is 5.92. The second-order valence-corrected chi connectivity index (χ2v) is 5.11. The molecule has 2 N–H and O–H groups in total. The number of aryl methyl sites for hydroxylation is 1. The normalized spacial score (nSPS) is 17.8. The Morgan fingerprint density at radius 1 is 1.55 bits per heavy atom. The molecule has 106 valence electrons. The summed E-state index contributed by atoms with van der Waals surface area (Å²) in [7, 11) is 3.73. The van der Waals surface area contributed by atoms with Gasteiger partial charge in [0, 0.05) is 39.5 Å². The molecule has 7 nitrogen and oxygen atoms in total. The van der Waals surface area contributed by atoms with Crippen LogP contribution in [0.3, 0.4) is 0 Å². The summed E-state index contributed by atoms with van der Waals surface area (Å²) in [5.74, 6) is 0.943. The van der Waals surface area contributed by atoms with Gasteiger partial charge in [-0.15, -0.1) is 0 Å². The smallest absolute Gasteiger partial charge is 0.240 e. The first-order chi connectivity index (χ1) is 9.65. The molecule has 1 amide bonds. The van der Waals surface area contributed by atoms with Crippen molar-refractivity contribution in [3.8, 4) is 0 Å². The Bertz CT molecular complexity index is 616. The molecule has 3 rings (SSSR count). The minimum atomic E-state index is -0.212. The minimum absolute atomic E-state index is 0.0710. The zero-order chi connectivity index (χ0) is 14.1. The number of aromatic nitrogens is 4. The Balaban J connectivity index is 1.66. The molecule has 1 unspecified atom stereocenters. The molecule has 1 atom stereocenters. The summed E-state index contributed by atoms with van der Waals surface area (Å²) in [6.45, 7) is 1.16. The van der Waals surface area contributed by atoms with Gasteiger partial charge in [-0.2, -0.15) is 0 Å². The van der Waals surface area contributed by atoms with Crippen molar-refractivity contribution < 1.29 is 4.79 Å². The average molecular weight is 274 g/mol. The molecule has 1 aliphatic rings. The van der Waals surface area contributed by atoms with E-state index in [2.05, 4.69) is 20.3 Å². The van der Waals surface area contributed by atoms with E-state index in [-0.39, 0.29) is 11.9 Å². The second-order valence-electron chi connectivity index (χ2n) is 5.11. The van der Waals surface area contributed by atoms with Crippen LogP contribution in [0.25, 0.3) is 0 Å². The van der Waals surface area contributed by atoms with Gasteiger partial charge in [-0.25, -0.2) is 9.97 Å². The summed E-state index contributed by atoms with van der Waals surface area (Å²) in [6, 6.07) is -0.212. The van der Waals surface area contributed by atoms with E-state index in [4.69, 9.17) is 0 Å². The molecule has 7 heteroatoms. The highest BCUT2D eigenvalue weighted by Crippen LogP contribution is 2.14. The molecule has 0 spiro atoms. The molecule has 2 aromatic rings. The fraction of sp³-hybridized carbons (Fsp3) is 0.462. The molecule has 0 bridgehead atoms. The maximum atomic E-state index is 12.5. The minimum Gasteiger partial charge on any atom is -0.347 e. The highest BCUT2D eigenvalue weighted by molar-refractivity contribution is 5.82. The molecule has 2 aromatic heterocycles. The molecule has 0 aromatic carbocycles. The maximum Gasteiger partial charge on any atom is 0.240 e. The van der Waals surface area contributed by atoms with E-state index in [1.807, 2.05) is 17.8 Å². The first-order valence-electron chi connectivity index (χ1n) is 6.61. The van der Waals surface area contributed by atoms with Crippen molar-refractivity contribution >= 4 is 5.91 Å². The molecule has 0 saturated heterocycles. The molecule has 0 saturated carbocycles. The van der Waals surface area contributed by atoms with Gasteiger partial charge in [0.2, 0.25) is 5.91 Å². The van der Waals surface area contributed by atoms with Crippen LogP contribution in [0.5, 0.6) is 0 Å². The SMILES string of the molecule is CN(Cc1nccn1C)C(=O)C1Cc2nc[nH]c2CN1. The standard InChI is InChI=1S/C13H18N6O/c1-18-4-3-14-12(18)7-19(2)13(20)10-5-9-11(6-15-10)17-8-16-9/h3-4,8,10,15H,5-7H2,1-2H3,(H,16,17). The highest BCUT2D eigenvalue weighted by Gasteiger charge is 2.28. The number of hydrogen-bond donors (Lipinski definition) is 2. The predicted octanol–water partition coefficient (Wildman–Crippen LogP) is -0.184. The van der Waals surface area contributed by atoms with Crippen molar-refractivity contribution in [1.29, 1.82) is 0 Å². The van der Waals surface area contributed by atoms with E-state index >= 15 is 0 Å². The summed E-state index contributed by atoms with van der Waals surface area (Å²) in [5, 5.41) is 3.25. The lowest BCUT2D eigenvalue weighted by molar-refractivity contribution is -0.133. The molecule has 3 heterocycles. The average Bonchev–Trinajstić information content (AvgIpc) is 3.06. The number of amides is 1. The van der Waals surface area contributed by atoms with Crippen LogP contribution in [-0.2, 0) is 31.4 Å². The summed E-state index contributed by atoms with van der Waals surface area (Å²) < 4.78 is 1.92. The van der Waals surface area contributed by atoms with Crippen LogP contribution in [-0.4, -0.2) is 43.4 Å². The predicted molar refractivity (Wildman–Crippen MR) is 72.6 cm³/mol. The van der Waals surface area contributed by atoms with Crippen molar-refractivity contribution in [3.63, 3.8) is 0 Å². The van der Waals surface area contributed by atoms with Gasteiger partial charge in [0.05, 0.1) is 30.3 Å². The molecular formula is C13H18N6O. The quantitative estimate of drug-likeness (QED) is 0.813. The van der Waals surface area contributed by atoms with E-state index in [1.54, 1.807) is 24.5 Å². The molecular weight excluding hydrogens is 256 g/mol. The number of imidazole rings is 2. The Hall–Kier alpha value is -2.15. The van der Waals surface area contributed by atoms with E-state index in [9.17, 15) is 4.79 Å². The van der Waals surface area contributed by atoms with E-state index in [1.165, 1.54) is 0 Å². The molecule has 20 heavy (non-hydrogen) atoms. The number of fused-ring (bicyclic) bond motifs is 1. The summed E-state index contributed by atoms with van der Waals surface area (Å²) in [4.78, 5) is 25.7. The fourth-order valence-electron chi connectivity index (χ4n) is 2.45. The lowest BCUT2D eigenvalue weighted by Crippen LogP contribution is -2.48. The number of aromatic amines is 1. The highest BCUT2D eigenvalue weighted by atomic mass is 16.2. The second kappa shape index (κ2) is 5.09. The van der Waals surface area contributed by atoms with Crippen molar-refractivity contribution in [3.05, 3.63) is 35.9 Å². The maximum absolute atomic E-state index is 12.5. The summed E-state index contributed by atoms with van der Waals surface area (Å²) >= 11 is 0. The van der Waals surface area contributed by atoms with Gasteiger partial charge >= 0.3 is 0 Å². The van der Waals surface area contributed by atoms with Gasteiger partial charge < -0.3 is 14.5 Å². The Kier molecular flexibility index (Phi) is 3.27. The van der Waals surface area contributed by atoms with Gasteiger partial charge in [-0.3, -0.25) is 10.1 Å². The van der Waals surface area contributed by atoms with Gasteiger partial charge in [-0.05, 0) is 0 Å². The first kappa shape index (κ1) is 12.9. The van der Waals surface area contributed by atoms with Crippen LogP contribution in [0.1, 0.15) is 17.2 Å². The van der Waals surface area contributed by atoms with E-state index in [0.29, 0.717) is 19.5 Å². The topological polar surface area (TPSA) is 78.8 Å². The van der Waals surface area contributed by atoms with Crippen molar-refractivity contribution in [2.45, 2.75) is 25.6 Å². The number of nitrogens with one attached hydrogen (secondary N) is 2. The number of nitrogens with zero attached hydrogens (tertiary/aromatic N) is 4. The third-order valence-electron chi connectivity index (χ3n) is 3.70. The number of hydrogen-bond acceptors (Lipinski definition) is 4. The van der Waals surface area contributed by atoms with Gasteiger partial charge in [0.15, 0.2) is 0 Å². The van der Waals surface area contributed by atoms with Crippen molar-refractivity contribution in [2.75, 3.05) is 7.05 Å². The van der Waals surface area contributed by atoms with Crippen LogP contribution in [0, 0.1) is 0 Å². The van der Waals surface area contributed by atoms with Crippen LogP contribution >= 0.6 is 0 Å². The van der Waals surface area contributed by atoms with Crippen LogP contribution in [0.4, 0.5) is 0 Å². The number of carbonyl (C=O) groups is 1. The number of rotatable bonds is 3. The third kappa shape index (κ3) is 2.32. The molecule has 0 aliphatic carbocycles. The number of likely N-dealkylation sites (N-methyl/N-ethyl adjacent to an activating group) is 1. The van der Waals surface area contributed by atoms with Crippen LogP contribution in [0.2, 0.25) is 0 Å². The van der Waals surface area contributed by atoms with Crippen LogP contribution < -0.4 is 5.32 Å². The zero-order valence-electron chi connectivity index (χ0n) is 11.6. The van der Waals surface area contributed by atoms with E-state index < -0.39 is 0 Å². The van der Waals surface area contributed by atoms with Crippen LogP contribution in [0.15, 0.2) is 18.7 Å². The van der Waals surface area contributed by atoms with Gasteiger partial charge in [-0.1, -0.05) is 0 Å². The Morgan fingerprint density at radius 2 is 2.40 bits per heavy atom. The largest absolute Gasteiger partial charge is 0.347 e.